The van der Waals surface area contributed by atoms with Crippen LogP contribution in [0.2, 0.25) is 0 Å². The molecule has 0 bridgehead atoms. The second kappa shape index (κ2) is 9.93. The highest BCUT2D eigenvalue weighted by Crippen LogP contribution is 1.94. The van der Waals surface area contributed by atoms with Crippen LogP contribution in [0.3, 0.4) is 0 Å². The van der Waals surface area contributed by atoms with E-state index in [1.54, 1.807) is 7.11 Å². The van der Waals surface area contributed by atoms with E-state index < -0.39 is 0 Å². The molecule has 0 aliphatic rings. The van der Waals surface area contributed by atoms with Crippen molar-refractivity contribution in [3.05, 3.63) is 0 Å². The average molecular weight is 216 g/mol. The Morgan fingerprint density at radius 3 is 2.67 bits per heavy atom. The number of carbonyl (C=O) groups is 1. The number of likely N-dealkylation sites (N-methyl/N-ethyl adjacent to an activating group) is 1. The molecule has 0 aliphatic carbocycles. The van der Waals surface area contributed by atoms with Crippen molar-refractivity contribution in [1.82, 2.24) is 10.6 Å². The maximum atomic E-state index is 11.3. The zero-order valence-corrected chi connectivity index (χ0v) is 10.1. The molecule has 1 atom stereocenters. The normalized spacial score (nSPS) is 12.5. The van der Waals surface area contributed by atoms with Gasteiger partial charge < -0.3 is 15.4 Å². The number of methoxy groups -OCH3 is 1. The third kappa shape index (κ3) is 8.39. The third-order valence-corrected chi connectivity index (χ3v) is 2.22. The lowest BCUT2D eigenvalue weighted by Gasteiger charge is -2.12. The van der Waals surface area contributed by atoms with Gasteiger partial charge in [-0.2, -0.15) is 0 Å². The van der Waals surface area contributed by atoms with E-state index in [2.05, 4.69) is 10.6 Å². The second-order valence-corrected chi connectivity index (χ2v) is 3.62. The van der Waals surface area contributed by atoms with E-state index >= 15 is 0 Å². The Balaban J connectivity index is 3.30. The van der Waals surface area contributed by atoms with Crippen molar-refractivity contribution in [3.8, 4) is 0 Å². The molecule has 2 N–H and O–H groups in total. The van der Waals surface area contributed by atoms with Crippen molar-refractivity contribution in [3.63, 3.8) is 0 Å². The Labute approximate surface area is 92.8 Å². The maximum absolute atomic E-state index is 11.3. The lowest BCUT2D eigenvalue weighted by atomic mass is 10.2. The van der Waals surface area contributed by atoms with Gasteiger partial charge >= 0.3 is 0 Å². The number of amides is 1. The highest BCUT2D eigenvalue weighted by molar-refractivity contribution is 5.81. The smallest absolute Gasteiger partial charge is 0.236 e. The summed E-state index contributed by atoms with van der Waals surface area (Å²) >= 11 is 0. The molecule has 4 heteroatoms. The molecule has 0 aliphatic heterocycles. The fraction of sp³-hybridized carbons (Fsp3) is 0.909. The van der Waals surface area contributed by atoms with Gasteiger partial charge in [-0.15, -0.1) is 0 Å². The van der Waals surface area contributed by atoms with E-state index in [4.69, 9.17) is 4.74 Å². The fourth-order valence-electron chi connectivity index (χ4n) is 1.29. The lowest BCUT2D eigenvalue weighted by Crippen LogP contribution is -2.42. The SMILES string of the molecule is CCNC(=O)C(C)NCCCCCOC. The first kappa shape index (κ1) is 14.4. The van der Waals surface area contributed by atoms with Crippen LogP contribution in [0.15, 0.2) is 0 Å². The Morgan fingerprint density at radius 2 is 2.07 bits per heavy atom. The van der Waals surface area contributed by atoms with Crippen LogP contribution in [0.1, 0.15) is 33.1 Å². The van der Waals surface area contributed by atoms with Gasteiger partial charge in [0, 0.05) is 20.3 Å². The van der Waals surface area contributed by atoms with Crippen LogP contribution in [-0.4, -0.2) is 38.8 Å². The minimum Gasteiger partial charge on any atom is -0.385 e. The van der Waals surface area contributed by atoms with Gasteiger partial charge in [-0.25, -0.2) is 0 Å². The summed E-state index contributed by atoms with van der Waals surface area (Å²) < 4.78 is 4.96. The van der Waals surface area contributed by atoms with Crippen molar-refractivity contribution in [2.45, 2.75) is 39.2 Å². The summed E-state index contributed by atoms with van der Waals surface area (Å²) in [5.41, 5.74) is 0. The molecular weight excluding hydrogens is 192 g/mol. The van der Waals surface area contributed by atoms with Gasteiger partial charge in [0.15, 0.2) is 0 Å². The molecule has 0 aromatic heterocycles. The van der Waals surface area contributed by atoms with E-state index in [-0.39, 0.29) is 11.9 Å². The van der Waals surface area contributed by atoms with Gasteiger partial charge in [-0.05, 0) is 39.7 Å². The van der Waals surface area contributed by atoms with Crippen LogP contribution >= 0.6 is 0 Å². The minimum absolute atomic E-state index is 0.0781. The van der Waals surface area contributed by atoms with Crippen LogP contribution in [0.25, 0.3) is 0 Å². The van der Waals surface area contributed by atoms with E-state index in [1.807, 2.05) is 13.8 Å². The number of carbonyl (C=O) groups excluding carboxylic acids is 1. The summed E-state index contributed by atoms with van der Waals surface area (Å²) in [6, 6.07) is -0.0904. The predicted molar refractivity (Wildman–Crippen MR) is 61.9 cm³/mol. The molecule has 0 radical (unpaired) electrons. The molecule has 0 saturated carbocycles. The monoisotopic (exact) mass is 216 g/mol. The topological polar surface area (TPSA) is 50.4 Å². The van der Waals surface area contributed by atoms with Gasteiger partial charge in [0.05, 0.1) is 6.04 Å². The zero-order valence-electron chi connectivity index (χ0n) is 10.1. The first-order valence-electron chi connectivity index (χ1n) is 5.72. The number of hydrogen-bond donors (Lipinski definition) is 2. The molecular formula is C11H24N2O2. The number of unbranched alkanes of at least 4 members (excludes halogenated alkanes) is 2. The molecule has 0 saturated heterocycles. The van der Waals surface area contributed by atoms with Crippen LogP contribution in [0, 0.1) is 0 Å². The van der Waals surface area contributed by atoms with Crippen LogP contribution in [0.5, 0.6) is 0 Å². The number of rotatable bonds is 9. The Kier molecular flexibility index (Phi) is 9.52. The van der Waals surface area contributed by atoms with E-state index in [0.717, 1.165) is 32.4 Å². The maximum Gasteiger partial charge on any atom is 0.236 e. The second-order valence-electron chi connectivity index (χ2n) is 3.62. The quantitative estimate of drug-likeness (QED) is 0.563. The molecule has 15 heavy (non-hydrogen) atoms. The highest BCUT2D eigenvalue weighted by atomic mass is 16.5. The first-order valence-corrected chi connectivity index (χ1v) is 5.72. The Morgan fingerprint density at radius 1 is 1.33 bits per heavy atom. The summed E-state index contributed by atoms with van der Waals surface area (Å²) in [5, 5.41) is 5.98. The Hall–Kier alpha value is -0.610. The summed E-state index contributed by atoms with van der Waals surface area (Å²) in [5.74, 6) is 0.0781. The largest absolute Gasteiger partial charge is 0.385 e. The fourth-order valence-corrected chi connectivity index (χ4v) is 1.29. The molecule has 0 rings (SSSR count). The molecule has 0 fully saturated rings. The summed E-state index contributed by atoms with van der Waals surface area (Å²) in [6.07, 6.45) is 3.32. The molecule has 90 valence electrons. The molecule has 0 aromatic carbocycles. The minimum atomic E-state index is -0.0904. The zero-order chi connectivity index (χ0) is 11.5. The lowest BCUT2D eigenvalue weighted by molar-refractivity contribution is -0.122. The van der Waals surface area contributed by atoms with Crippen molar-refractivity contribution >= 4 is 5.91 Å². The molecule has 0 aromatic rings. The molecule has 0 spiro atoms. The van der Waals surface area contributed by atoms with Gasteiger partial charge in [0.25, 0.3) is 0 Å². The summed E-state index contributed by atoms with van der Waals surface area (Å²) in [4.78, 5) is 11.3. The van der Waals surface area contributed by atoms with E-state index in [9.17, 15) is 4.79 Å². The predicted octanol–water partition coefficient (Wildman–Crippen LogP) is 0.917. The van der Waals surface area contributed by atoms with Crippen molar-refractivity contribution in [2.24, 2.45) is 0 Å². The van der Waals surface area contributed by atoms with Crippen molar-refractivity contribution < 1.29 is 9.53 Å². The van der Waals surface area contributed by atoms with Crippen LogP contribution < -0.4 is 10.6 Å². The summed E-state index contributed by atoms with van der Waals surface area (Å²) in [7, 11) is 1.72. The van der Waals surface area contributed by atoms with Gasteiger partial charge in [-0.1, -0.05) is 0 Å². The number of nitrogens with one attached hydrogen (secondary N) is 2. The average Bonchev–Trinajstić information content (AvgIpc) is 2.23. The van der Waals surface area contributed by atoms with E-state index in [1.165, 1.54) is 0 Å². The van der Waals surface area contributed by atoms with Gasteiger partial charge in [0.2, 0.25) is 5.91 Å². The van der Waals surface area contributed by atoms with Gasteiger partial charge in [0.1, 0.15) is 0 Å². The Bertz CT molecular complexity index is 163. The molecule has 1 amide bonds. The van der Waals surface area contributed by atoms with Crippen molar-refractivity contribution in [1.29, 1.82) is 0 Å². The van der Waals surface area contributed by atoms with E-state index in [0.29, 0.717) is 6.54 Å². The first-order chi connectivity index (χ1) is 7.22. The number of ether oxygens (including phenoxy) is 1. The van der Waals surface area contributed by atoms with Crippen LogP contribution in [-0.2, 0) is 9.53 Å². The molecule has 0 heterocycles. The number of hydrogen-bond acceptors (Lipinski definition) is 3. The van der Waals surface area contributed by atoms with Gasteiger partial charge in [-0.3, -0.25) is 4.79 Å². The third-order valence-electron chi connectivity index (χ3n) is 2.22. The van der Waals surface area contributed by atoms with Crippen LogP contribution in [0.4, 0.5) is 0 Å². The highest BCUT2D eigenvalue weighted by Gasteiger charge is 2.09. The standard InChI is InChI=1S/C11H24N2O2/c1-4-12-11(14)10(2)13-8-6-5-7-9-15-3/h10,13H,4-9H2,1-3H3,(H,12,14). The molecule has 1 unspecified atom stereocenters. The molecule has 4 nitrogen and oxygen atoms in total. The van der Waals surface area contributed by atoms with Crippen molar-refractivity contribution in [2.75, 3.05) is 26.8 Å². The summed E-state index contributed by atoms with van der Waals surface area (Å²) in [6.45, 7) is 6.22.